The van der Waals surface area contributed by atoms with Crippen molar-refractivity contribution in [3.8, 4) is 0 Å². The minimum Gasteiger partial charge on any atom is -0.480 e. The number of rotatable bonds is 6. The summed E-state index contributed by atoms with van der Waals surface area (Å²) in [4.78, 5) is 22.7. The summed E-state index contributed by atoms with van der Waals surface area (Å²) < 4.78 is 4.75. The van der Waals surface area contributed by atoms with Gasteiger partial charge in [-0.3, -0.25) is 4.79 Å². The second kappa shape index (κ2) is 6.70. The Hall–Kier alpha value is -1.14. The van der Waals surface area contributed by atoms with E-state index in [2.05, 4.69) is 5.32 Å². The predicted molar refractivity (Wildman–Crippen MR) is 66.1 cm³/mol. The normalized spacial score (nSPS) is 20.1. The van der Waals surface area contributed by atoms with E-state index in [0.717, 1.165) is 32.1 Å². The summed E-state index contributed by atoms with van der Waals surface area (Å²) >= 11 is 0. The highest BCUT2D eigenvalue weighted by atomic mass is 16.5. The number of aliphatic carboxylic acids is 1. The number of carboxylic acids is 1. The molecule has 0 aromatic carbocycles. The Morgan fingerprint density at radius 1 is 1.39 bits per heavy atom. The molecular weight excluding hydrogens is 236 g/mol. The van der Waals surface area contributed by atoms with E-state index in [1.165, 1.54) is 7.11 Å². The van der Waals surface area contributed by atoms with Crippen LogP contribution in [0.5, 0.6) is 0 Å². The van der Waals surface area contributed by atoms with Crippen molar-refractivity contribution < 1.29 is 19.4 Å². The molecule has 0 saturated heterocycles. The standard InChI is InChI=1S/C12H22N2O4/c1-18-8-9(11(16)17)14-10(15)7-12(13)5-3-2-4-6-12/h9H,2-8,13H2,1H3,(H,14,15)(H,16,17). The van der Waals surface area contributed by atoms with Crippen molar-refractivity contribution in [2.75, 3.05) is 13.7 Å². The molecule has 0 bridgehead atoms. The summed E-state index contributed by atoms with van der Waals surface area (Å²) in [6.45, 7) is -0.0430. The van der Waals surface area contributed by atoms with E-state index in [9.17, 15) is 9.59 Å². The number of ether oxygens (including phenoxy) is 1. The van der Waals surface area contributed by atoms with E-state index in [-0.39, 0.29) is 18.9 Å². The van der Waals surface area contributed by atoms with Crippen LogP contribution >= 0.6 is 0 Å². The molecule has 0 aromatic rings. The molecule has 6 heteroatoms. The summed E-state index contributed by atoms with van der Waals surface area (Å²) in [7, 11) is 1.40. The van der Waals surface area contributed by atoms with Crippen molar-refractivity contribution in [3.05, 3.63) is 0 Å². The highest BCUT2D eigenvalue weighted by Crippen LogP contribution is 2.28. The van der Waals surface area contributed by atoms with Crippen molar-refractivity contribution >= 4 is 11.9 Å². The average Bonchev–Trinajstić information content (AvgIpc) is 2.28. The first-order valence-electron chi connectivity index (χ1n) is 6.27. The molecule has 1 fully saturated rings. The minimum atomic E-state index is -1.10. The van der Waals surface area contributed by atoms with Crippen LogP contribution in [0.1, 0.15) is 38.5 Å². The molecule has 1 amide bonds. The van der Waals surface area contributed by atoms with Crippen LogP contribution in [-0.2, 0) is 14.3 Å². The van der Waals surface area contributed by atoms with Gasteiger partial charge in [-0.25, -0.2) is 4.79 Å². The van der Waals surface area contributed by atoms with Crippen LogP contribution in [-0.4, -0.2) is 42.3 Å². The fourth-order valence-corrected chi connectivity index (χ4v) is 2.34. The van der Waals surface area contributed by atoms with Gasteiger partial charge < -0.3 is 20.9 Å². The Labute approximate surface area is 107 Å². The zero-order valence-corrected chi connectivity index (χ0v) is 10.8. The zero-order chi connectivity index (χ0) is 13.6. The highest BCUT2D eigenvalue weighted by molar-refractivity contribution is 5.84. The highest BCUT2D eigenvalue weighted by Gasteiger charge is 2.31. The summed E-state index contributed by atoms with van der Waals surface area (Å²) in [6, 6.07) is -1.00. The lowest BCUT2D eigenvalue weighted by Gasteiger charge is -2.33. The maximum absolute atomic E-state index is 11.8. The van der Waals surface area contributed by atoms with Crippen LogP contribution in [0.25, 0.3) is 0 Å². The van der Waals surface area contributed by atoms with Crippen LogP contribution in [0.3, 0.4) is 0 Å². The van der Waals surface area contributed by atoms with Crippen molar-refractivity contribution in [3.63, 3.8) is 0 Å². The van der Waals surface area contributed by atoms with Gasteiger partial charge in [-0.05, 0) is 12.8 Å². The minimum absolute atomic E-state index is 0.0430. The Morgan fingerprint density at radius 2 is 2.00 bits per heavy atom. The molecule has 6 nitrogen and oxygen atoms in total. The number of carbonyl (C=O) groups is 2. The van der Waals surface area contributed by atoms with E-state index in [0.29, 0.717) is 0 Å². The van der Waals surface area contributed by atoms with E-state index >= 15 is 0 Å². The first kappa shape index (κ1) is 14.9. The maximum Gasteiger partial charge on any atom is 0.328 e. The molecule has 1 aliphatic carbocycles. The van der Waals surface area contributed by atoms with Gasteiger partial charge in [-0.1, -0.05) is 19.3 Å². The topological polar surface area (TPSA) is 102 Å². The summed E-state index contributed by atoms with van der Waals surface area (Å²) in [5.74, 6) is -1.41. The van der Waals surface area contributed by atoms with Crippen LogP contribution < -0.4 is 11.1 Å². The molecule has 1 aliphatic rings. The third-order valence-corrected chi connectivity index (χ3v) is 3.33. The third kappa shape index (κ3) is 4.62. The van der Waals surface area contributed by atoms with Gasteiger partial charge >= 0.3 is 5.97 Å². The SMILES string of the molecule is COCC(NC(=O)CC1(N)CCCCC1)C(=O)O. The van der Waals surface area contributed by atoms with E-state index < -0.39 is 17.6 Å². The average molecular weight is 258 g/mol. The second-order valence-electron chi connectivity index (χ2n) is 5.01. The smallest absolute Gasteiger partial charge is 0.328 e. The fraction of sp³-hybridized carbons (Fsp3) is 0.833. The Kier molecular flexibility index (Phi) is 5.55. The molecule has 0 heterocycles. The number of nitrogens with one attached hydrogen (secondary N) is 1. The number of carbonyl (C=O) groups excluding carboxylic acids is 1. The lowest BCUT2D eigenvalue weighted by Crippen LogP contribution is -2.50. The van der Waals surface area contributed by atoms with Gasteiger partial charge in [0.25, 0.3) is 0 Å². The number of hydrogen-bond donors (Lipinski definition) is 3. The van der Waals surface area contributed by atoms with Gasteiger partial charge in [0.05, 0.1) is 6.61 Å². The number of methoxy groups -OCH3 is 1. The molecule has 0 aliphatic heterocycles. The lowest BCUT2D eigenvalue weighted by molar-refractivity contribution is -0.143. The molecule has 1 saturated carbocycles. The molecule has 104 valence electrons. The molecule has 0 aromatic heterocycles. The molecule has 1 rings (SSSR count). The van der Waals surface area contributed by atoms with E-state index in [1.54, 1.807) is 0 Å². The van der Waals surface area contributed by atoms with Crippen molar-refractivity contribution in [1.29, 1.82) is 0 Å². The van der Waals surface area contributed by atoms with Crippen LogP contribution in [0.2, 0.25) is 0 Å². The number of amides is 1. The predicted octanol–water partition coefficient (Wildman–Crippen LogP) is 0.254. The Morgan fingerprint density at radius 3 is 2.50 bits per heavy atom. The molecular formula is C12H22N2O4. The van der Waals surface area contributed by atoms with Crippen molar-refractivity contribution in [2.24, 2.45) is 5.73 Å². The first-order valence-corrected chi connectivity index (χ1v) is 6.27. The fourth-order valence-electron chi connectivity index (χ4n) is 2.34. The van der Waals surface area contributed by atoms with Gasteiger partial charge in [0.2, 0.25) is 5.91 Å². The van der Waals surface area contributed by atoms with Crippen LogP contribution in [0.15, 0.2) is 0 Å². The molecule has 1 atom stereocenters. The third-order valence-electron chi connectivity index (χ3n) is 3.33. The lowest BCUT2D eigenvalue weighted by atomic mass is 9.80. The molecule has 0 radical (unpaired) electrons. The van der Waals surface area contributed by atoms with Crippen LogP contribution in [0.4, 0.5) is 0 Å². The van der Waals surface area contributed by atoms with E-state index in [1.807, 2.05) is 0 Å². The Bertz CT molecular complexity index is 300. The van der Waals surface area contributed by atoms with Gasteiger partial charge in [0.1, 0.15) is 0 Å². The van der Waals surface area contributed by atoms with Gasteiger partial charge in [0.15, 0.2) is 6.04 Å². The maximum atomic E-state index is 11.8. The Balaban J connectivity index is 2.46. The second-order valence-corrected chi connectivity index (χ2v) is 5.01. The molecule has 1 unspecified atom stereocenters. The van der Waals surface area contributed by atoms with Gasteiger partial charge in [-0.15, -0.1) is 0 Å². The summed E-state index contributed by atoms with van der Waals surface area (Å²) in [5.41, 5.74) is 5.67. The van der Waals surface area contributed by atoms with E-state index in [4.69, 9.17) is 15.6 Å². The van der Waals surface area contributed by atoms with Gasteiger partial charge in [0, 0.05) is 19.1 Å². The number of carboxylic acid groups (broad SMARTS) is 1. The van der Waals surface area contributed by atoms with Crippen molar-refractivity contribution in [1.82, 2.24) is 5.32 Å². The molecule has 0 spiro atoms. The molecule has 18 heavy (non-hydrogen) atoms. The summed E-state index contributed by atoms with van der Waals surface area (Å²) in [5, 5.41) is 11.3. The van der Waals surface area contributed by atoms with Gasteiger partial charge in [-0.2, -0.15) is 0 Å². The largest absolute Gasteiger partial charge is 0.480 e. The quantitative estimate of drug-likeness (QED) is 0.634. The zero-order valence-electron chi connectivity index (χ0n) is 10.8. The number of nitrogens with two attached hydrogens (primary N) is 1. The first-order chi connectivity index (χ1) is 8.47. The van der Waals surface area contributed by atoms with Crippen LogP contribution in [0, 0.1) is 0 Å². The molecule has 4 N–H and O–H groups in total. The number of hydrogen-bond acceptors (Lipinski definition) is 4. The monoisotopic (exact) mass is 258 g/mol. The van der Waals surface area contributed by atoms with Crippen molar-refractivity contribution in [2.45, 2.75) is 50.1 Å². The summed E-state index contributed by atoms with van der Waals surface area (Å²) in [6.07, 6.45) is 5.04.